The summed E-state index contributed by atoms with van der Waals surface area (Å²) >= 11 is 0. The van der Waals surface area contributed by atoms with Gasteiger partial charge in [0.25, 0.3) is 0 Å². The highest BCUT2D eigenvalue weighted by Gasteiger charge is 2.23. The molecule has 2 aromatic rings. The normalized spacial score (nSPS) is 17.4. The summed E-state index contributed by atoms with van der Waals surface area (Å²) in [5.74, 6) is 0.743. The molecular formula is C21H29N5O2S. The predicted octanol–water partition coefficient (Wildman–Crippen LogP) is 1.85. The number of aliphatic imine (C=N–C) groups is 1. The Kier molecular flexibility index (Phi) is 6.76. The van der Waals surface area contributed by atoms with Crippen molar-refractivity contribution in [3.05, 3.63) is 59.7 Å². The lowest BCUT2D eigenvalue weighted by molar-refractivity contribution is 0.588. The second-order valence-electron chi connectivity index (χ2n) is 7.19. The molecule has 0 saturated carbocycles. The van der Waals surface area contributed by atoms with Gasteiger partial charge in [-0.3, -0.25) is 4.99 Å². The minimum atomic E-state index is -3.41. The van der Waals surface area contributed by atoms with E-state index < -0.39 is 10.0 Å². The van der Waals surface area contributed by atoms with Crippen LogP contribution < -0.4 is 20.3 Å². The van der Waals surface area contributed by atoms with E-state index in [2.05, 4.69) is 56.4 Å². The lowest BCUT2D eigenvalue weighted by Gasteiger charge is -2.20. The van der Waals surface area contributed by atoms with E-state index in [0.717, 1.165) is 31.0 Å². The van der Waals surface area contributed by atoms with E-state index in [1.165, 1.54) is 18.3 Å². The Morgan fingerprint density at radius 1 is 1.14 bits per heavy atom. The molecule has 1 fully saturated rings. The zero-order chi connectivity index (χ0) is 20.9. The Bertz CT molecular complexity index is 940. The molecule has 0 spiro atoms. The smallest absolute Gasteiger partial charge is 0.240 e. The van der Waals surface area contributed by atoms with Gasteiger partial charge in [-0.2, -0.15) is 0 Å². The molecule has 1 unspecified atom stereocenters. The van der Waals surface area contributed by atoms with Crippen LogP contribution >= 0.6 is 0 Å². The zero-order valence-corrected chi connectivity index (χ0v) is 18.0. The van der Waals surface area contributed by atoms with Gasteiger partial charge >= 0.3 is 0 Å². The summed E-state index contributed by atoms with van der Waals surface area (Å²) in [5, 5.41) is 6.79. The first-order valence-corrected chi connectivity index (χ1v) is 11.2. The molecule has 29 heavy (non-hydrogen) atoms. The van der Waals surface area contributed by atoms with Crippen LogP contribution in [0.15, 0.2) is 58.4 Å². The van der Waals surface area contributed by atoms with Gasteiger partial charge < -0.3 is 15.5 Å². The van der Waals surface area contributed by atoms with Crippen LogP contribution in [0.1, 0.15) is 17.5 Å². The van der Waals surface area contributed by atoms with Crippen LogP contribution in [-0.2, 0) is 16.6 Å². The Labute approximate surface area is 173 Å². The molecule has 0 radical (unpaired) electrons. The number of guanidine groups is 1. The summed E-state index contributed by atoms with van der Waals surface area (Å²) in [4.78, 5) is 6.95. The molecule has 0 aromatic heterocycles. The Morgan fingerprint density at radius 3 is 2.45 bits per heavy atom. The summed E-state index contributed by atoms with van der Waals surface area (Å²) < 4.78 is 25.9. The van der Waals surface area contributed by atoms with Crippen molar-refractivity contribution in [2.75, 3.05) is 32.1 Å². The molecule has 0 amide bonds. The van der Waals surface area contributed by atoms with Crippen molar-refractivity contribution in [3.63, 3.8) is 0 Å². The average Bonchev–Trinajstić information content (AvgIpc) is 3.20. The molecule has 0 aliphatic carbocycles. The monoisotopic (exact) mass is 415 g/mol. The number of anilines is 1. The summed E-state index contributed by atoms with van der Waals surface area (Å²) in [5.41, 5.74) is 3.50. The maximum absolute atomic E-state index is 11.8. The molecule has 3 rings (SSSR count). The minimum absolute atomic E-state index is 0.258. The number of hydrogen-bond acceptors (Lipinski definition) is 4. The Balaban J connectivity index is 1.52. The number of hydrogen-bond donors (Lipinski definition) is 3. The van der Waals surface area contributed by atoms with Gasteiger partial charge in [-0.25, -0.2) is 13.1 Å². The van der Waals surface area contributed by atoms with Crippen LogP contribution in [0.4, 0.5) is 5.69 Å². The maximum atomic E-state index is 11.8. The Morgan fingerprint density at radius 2 is 1.83 bits per heavy atom. The van der Waals surface area contributed by atoms with Gasteiger partial charge in [0.05, 0.1) is 4.90 Å². The van der Waals surface area contributed by atoms with Gasteiger partial charge in [0.1, 0.15) is 0 Å². The van der Waals surface area contributed by atoms with E-state index in [1.54, 1.807) is 31.3 Å². The molecule has 1 aliphatic rings. The highest BCUT2D eigenvalue weighted by Crippen LogP contribution is 2.20. The SMILES string of the molecule is CN=C(NCc1ccc(S(=O)(=O)NC)cc1)NC1CCN(c2ccc(C)cc2)C1. The predicted molar refractivity (Wildman–Crippen MR) is 118 cm³/mol. The molecule has 1 atom stereocenters. The highest BCUT2D eigenvalue weighted by atomic mass is 32.2. The van der Waals surface area contributed by atoms with Crippen molar-refractivity contribution < 1.29 is 8.42 Å². The first-order valence-electron chi connectivity index (χ1n) is 9.72. The molecule has 7 nitrogen and oxygen atoms in total. The summed E-state index contributed by atoms with van der Waals surface area (Å²) in [6, 6.07) is 15.8. The third kappa shape index (κ3) is 5.48. The quantitative estimate of drug-likeness (QED) is 0.495. The van der Waals surface area contributed by atoms with E-state index in [-0.39, 0.29) is 4.90 Å². The van der Waals surface area contributed by atoms with E-state index in [0.29, 0.717) is 12.6 Å². The van der Waals surface area contributed by atoms with E-state index in [4.69, 9.17) is 0 Å². The molecular weight excluding hydrogens is 386 g/mol. The molecule has 3 N–H and O–H groups in total. The van der Waals surface area contributed by atoms with Crippen LogP contribution in [0.2, 0.25) is 0 Å². The van der Waals surface area contributed by atoms with Crippen LogP contribution in [0.25, 0.3) is 0 Å². The van der Waals surface area contributed by atoms with E-state index >= 15 is 0 Å². The average molecular weight is 416 g/mol. The first-order chi connectivity index (χ1) is 13.9. The maximum Gasteiger partial charge on any atom is 0.240 e. The van der Waals surface area contributed by atoms with E-state index in [9.17, 15) is 8.42 Å². The zero-order valence-electron chi connectivity index (χ0n) is 17.1. The molecule has 1 saturated heterocycles. The lowest BCUT2D eigenvalue weighted by Crippen LogP contribution is -2.44. The number of sulfonamides is 1. The standard InChI is InChI=1S/C21H29N5O2S/c1-16-4-8-19(9-5-16)26-13-12-18(15-26)25-21(22-2)24-14-17-6-10-20(11-7-17)29(27,28)23-3/h4-11,18,23H,12-15H2,1-3H3,(H2,22,24,25). The number of rotatable bonds is 6. The van der Waals surface area contributed by atoms with Crippen LogP contribution in [0, 0.1) is 6.92 Å². The number of benzene rings is 2. The van der Waals surface area contributed by atoms with Crippen LogP contribution in [0.5, 0.6) is 0 Å². The van der Waals surface area contributed by atoms with Crippen molar-refractivity contribution in [1.82, 2.24) is 15.4 Å². The fourth-order valence-electron chi connectivity index (χ4n) is 3.35. The van der Waals surface area contributed by atoms with Crippen molar-refractivity contribution in [2.45, 2.75) is 30.8 Å². The fourth-order valence-corrected chi connectivity index (χ4v) is 4.08. The molecule has 1 aliphatic heterocycles. The Hall–Kier alpha value is -2.58. The van der Waals surface area contributed by atoms with Crippen molar-refractivity contribution in [1.29, 1.82) is 0 Å². The van der Waals surface area contributed by atoms with E-state index in [1.807, 2.05) is 0 Å². The first kappa shape index (κ1) is 21.1. The molecule has 1 heterocycles. The highest BCUT2D eigenvalue weighted by molar-refractivity contribution is 7.89. The number of nitrogens with one attached hydrogen (secondary N) is 3. The van der Waals surface area contributed by atoms with Crippen molar-refractivity contribution >= 4 is 21.7 Å². The fraction of sp³-hybridized carbons (Fsp3) is 0.381. The summed E-state index contributed by atoms with van der Waals surface area (Å²) in [6.07, 6.45) is 1.05. The second-order valence-corrected chi connectivity index (χ2v) is 9.08. The largest absolute Gasteiger partial charge is 0.369 e. The van der Waals surface area contributed by atoms with Gasteiger partial charge in [-0.15, -0.1) is 0 Å². The topological polar surface area (TPSA) is 85.8 Å². The van der Waals surface area contributed by atoms with Gasteiger partial charge in [-0.05, 0) is 50.2 Å². The molecule has 8 heteroatoms. The summed E-state index contributed by atoms with van der Waals surface area (Å²) in [6.45, 7) is 4.61. The van der Waals surface area contributed by atoms with Gasteiger partial charge in [0, 0.05) is 38.4 Å². The third-order valence-corrected chi connectivity index (χ3v) is 6.54. The number of nitrogens with zero attached hydrogens (tertiary/aromatic N) is 2. The van der Waals surface area contributed by atoms with Gasteiger partial charge in [-0.1, -0.05) is 29.8 Å². The summed E-state index contributed by atoms with van der Waals surface area (Å²) in [7, 11) is -0.248. The van der Waals surface area contributed by atoms with Crippen LogP contribution in [0.3, 0.4) is 0 Å². The van der Waals surface area contributed by atoms with Crippen molar-refractivity contribution in [3.8, 4) is 0 Å². The van der Waals surface area contributed by atoms with Crippen LogP contribution in [-0.4, -0.2) is 47.6 Å². The van der Waals surface area contributed by atoms with Crippen molar-refractivity contribution in [2.24, 2.45) is 4.99 Å². The molecule has 2 aromatic carbocycles. The van der Waals surface area contributed by atoms with Gasteiger partial charge in [0.15, 0.2) is 5.96 Å². The second kappa shape index (κ2) is 9.28. The van der Waals surface area contributed by atoms with Gasteiger partial charge in [0.2, 0.25) is 10.0 Å². The molecule has 156 valence electrons. The number of aryl methyl sites for hydroxylation is 1. The lowest BCUT2D eigenvalue weighted by atomic mass is 10.2. The third-order valence-electron chi connectivity index (χ3n) is 5.11. The minimum Gasteiger partial charge on any atom is -0.369 e. The molecule has 0 bridgehead atoms.